The molecule has 2 heterocycles. The van der Waals surface area contributed by atoms with Gasteiger partial charge in [0.25, 0.3) is 5.91 Å². The van der Waals surface area contributed by atoms with Gasteiger partial charge in [-0.05, 0) is 64.8 Å². The molecule has 1 atom stereocenters. The van der Waals surface area contributed by atoms with Gasteiger partial charge in [-0.25, -0.2) is 4.98 Å². The minimum Gasteiger partial charge on any atom is -0.370 e. The van der Waals surface area contributed by atoms with E-state index in [1.54, 1.807) is 6.20 Å². The molecule has 0 spiro atoms. The van der Waals surface area contributed by atoms with E-state index in [2.05, 4.69) is 64.9 Å². The number of aromatic nitrogens is 1. The fraction of sp³-hybridized carbons (Fsp3) is 0.226. The van der Waals surface area contributed by atoms with E-state index in [4.69, 9.17) is 0 Å². The van der Waals surface area contributed by atoms with Crippen molar-refractivity contribution < 1.29 is 4.79 Å². The number of carbonyl (C=O) groups excluding carboxylic acids is 1. The first-order valence-corrected chi connectivity index (χ1v) is 12.6. The third kappa shape index (κ3) is 3.28. The Balaban J connectivity index is 1.08. The number of pyridine rings is 1. The number of benzene rings is 3. The van der Waals surface area contributed by atoms with Crippen molar-refractivity contribution in [3.05, 3.63) is 125 Å². The zero-order valence-corrected chi connectivity index (χ0v) is 19.5. The van der Waals surface area contributed by atoms with Gasteiger partial charge in [0.2, 0.25) is 0 Å². The maximum Gasteiger partial charge on any atom is 0.259 e. The van der Waals surface area contributed by atoms with Gasteiger partial charge in [0.1, 0.15) is 5.82 Å². The SMILES string of the molecule is O=C(c1ccc(NCC2CC3c4ccccc4C2c2ccccc23)nc1)N1CCc2ccccc21. The molecule has 1 aromatic heterocycles. The zero-order valence-electron chi connectivity index (χ0n) is 19.5. The molecular weight excluding hydrogens is 430 g/mol. The molecule has 4 aliphatic rings. The summed E-state index contributed by atoms with van der Waals surface area (Å²) in [6, 6.07) is 29.9. The van der Waals surface area contributed by atoms with Crippen molar-refractivity contribution in [1.29, 1.82) is 0 Å². The molecule has 4 nitrogen and oxygen atoms in total. The lowest BCUT2D eigenvalue weighted by molar-refractivity contribution is 0.0989. The fourth-order valence-corrected chi connectivity index (χ4v) is 6.53. The van der Waals surface area contributed by atoms with Gasteiger partial charge in [0.15, 0.2) is 0 Å². The molecule has 3 aliphatic carbocycles. The molecule has 0 radical (unpaired) electrons. The molecule has 4 heteroatoms. The average molecular weight is 458 g/mol. The third-order valence-electron chi connectivity index (χ3n) is 8.11. The Morgan fingerprint density at radius 3 is 2.26 bits per heavy atom. The van der Waals surface area contributed by atoms with Crippen LogP contribution in [0.1, 0.15) is 56.4 Å². The molecule has 2 bridgehead atoms. The number of amides is 1. The van der Waals surface area contributed by atoms with E-state index >= 15 is 0 Å². The van der Waals surface area contributed by atoms with E-state index in [1.165, 1.54) is 27.8 Å². The van der Waals surface area contributed by atoms with E-state index < -0.39 is 0 Å². The second kappa shape index (κ2) is 8.09. The van der Waals surface area contributed by atoms with Crippen LogP contribution >= 0.6 is 0 Å². The molecule has 1 N–H and O–H groups in total. The molecule has 0 fully saturated rings. The van der Waals surface area contributed by atoms with Crippen LogP contribution in [0.3, 0.4) is 0 Å². The number of carbonyl (C=O) groups is 1. The van der Waals surface area contributed by atoms with Crippen molar-refractivity contribution in [3.63, 3.8) is 0 Å². The van der Waals surface area contributed by atoms with Crippen LogP contribution < -0.4 is 10.2 Å². The normalized spacial score (nSPS) is 21.3. The van der Waals surface area contributed by atoms with Crippen LogP contribution in [0.2, 0.25) is 0 Å². The fourth-order valence-electron chi connectivity index (χ4n) is 6.53. The van der Waals surface area contributed by atoms with Gasteiger partial charge in [-0.1, -0.05) is 66.7 Å². The smallest absolute Gasteiger partial charge is 0.259 e. The minimum absolute atomic E-state index is 0.0202. The molecule has 35 heavy (non-hydrogen) atoms. The van der Waals surface area contributed by atoms with Gasteiger partial charge in [0.05, 0.1) is 5.56 Å². The number of fused-ring (bicyclic) bond motifs is 2. The summed E-state index contributed by atoms with van der Waals surface area (Å²) >= 11 is 0. The Hall–Kier alpha value is -3.92. The van der Waals surface area contributed by atoms with E-state index in [0.717, 1.165) is 37.4 Å². The van der Waals surface area contributed by atoms with Crippen molar-refractivity contribution in [1.82, 2.24) is 4.98 Å². The Kier molecular flexibility index (Phi) is 4.73. The summed E-state index contributed by atoms with van der Waals surface area (Å²) in [7, 11) is 0. The highest BCUT2D eigenvalue weighted by Gasteiger charge is 2.42. The van der Waals surface area contributed by atoms with Crippen LogP contribution in [-0.2, 0) is 6.42 Å². The standard InChI is InChI=1S/C31H27N3O/c35-31(34-16-15-20-7-1-6-12-28(20)34)21-13-14-29(32-18-21)33-19-22-17-27-23-8-2-4-10-25(23)30(22)26-11-5-3-9-24(26)27/h1-14,18,22,27,30H,15-17,19H2,(H,32,33). The quantitative estimate of drug-likeness (QED) is 0.409. The molecule has 0 saturated heterocycles. The lowest BCUT2D eigenvalue weighted by Gasteiger charge is -2.45. The average Bonchev–Trinajstić information content (AvgIpc) is 3.36. The summed E-state index contributed by atoms with van der Waals surface area (Å²) in [5.74, 6) is 2.23. The second-order valence-corrected chi connectivity index (χ2v) is 9.93. The van der Waals surface area contributed by atoms with E-state index in [9.17, 15) is 4.79 Å². The summed E-state index contributed by atoms with van der Waals surface area (Å²) < 4.78 is 0. The number of anilines is 2. The third-order valence-corrected chi connectivity index (χ3v) is 8.11. The van der Waals surface area contributed by atoms with Crippen LogP contribution in [0.4, 0.5) is 11.5 Å². The largest absolute Gasteiger partial charge is 0.370 e. The first-order valence-electron chi connectivity index (χ1n) is 12.6. The molecule has 1 amide bonds. The maximum absolute atomic E-state index is 13.1. The monoisotopic (exact) mass is 457 g/mol. The molecule has 4 aromatic rings. The number of nitrogens with zero attached hydrogens (tertiary/aromatic N) is 2. The number of hydrogen-bond acceptors (Lipinski definition) is 3. The summed E-state index contributed by atoms with van der Waals surface area (Å²) in [5.41, 5.74) is 8.84. The number of nitrogens with one attached hydrogen (secondary N) is 1. The van der Waals surface area contributed by atoms with Gasteiger partial charge in [-0.2, -0.15) is 0 Å². The zero-order chi connectivity index (χ0) is 23.4. The molecule has 0 saturated carbocycles. The van der Waals surface area contributed by atoms with Crippen LogP contribution in [0.25, 0.3) is 0 Å². The predicted molar refractivity (Wildman–Crippen MR) is 139 cm³/mol. The highest BCUT2D eigenvalue weighted by molar-refractivity contribution is 6.07. The molecular formula is C31H27N3O. The van der Waals surface area contributed by atoms with Crippen molar-refractivity contribution in [2.45, 2.75) is 24.7 Å². The summed E-state index contributed by atoms with van der Waals surface area (Å²) in [4.78, 5) is 19.6. The van der Waals surface area contributed by atoms with Crippen molar-refractivity contribution in [2.75, 3.05) is 23.3 Å². The first kappa shape index (κ1) is 20.5. The number of rotatable bonds is 4. The highest BCUT2D eigenvalue weighted by Crippen LogP contribution is 2.55. The lowest BCUT2D eigenvalue weighted by Crippen LogP contribution is -2.35. The Bertz CT molecular complexity index is 1380. The van der Waals surface area contributed by atoms with Gasteiger partial charge in [-0.3, -0.25) is 4.79 Å². The van der Waals surface area contributed by atoms with Crippen molar-refractivity contribution >= 4 is 17.4 Å². The predicted octanol–water partition coefficient (Wildman–Crippen LogP) is 5.99. The van der Waals surface area contributed by atoms with Crippen molar-refractivity contribution in [2.24, 2.45) is 5.92 Å². The molecule has 172 valence electrons. The molecule has 1 aliphatic heterocycles. The second-order valence-electron chi connectivity index (χ2n) is 9.93. The van der Waals surface area contributed by atoms with E-state index in [-0.39, 0.29) is 5.91 Å². The van der Waals surface area contributed by atoms with Gasteiger partial charge in [-0.15, -0.1) is 0 Å². The minimum atomic E-state index is 0.0202. The van der Waals surface area contributed by atoms with Crippen LogP contribution in [0.15, 0.2) is 91.1 Å². The Morgan fingerprint density at radius 2 is 1.54 bits per heavy atom. The summed E-state index contributed by atoms with van der Waals surface area (Å²) in [5, 5.41) is 3.58. The molecule has 1 unspecified atom stereocenters. The summed E-state index contributed by atoms with van der Waals surface area (Å²) in [6.45, 7) is 1.59. The highest BCUT2D eigenvalue weighted by atomic mass is 16.2. The van der Waals surface area contributed by atoms with E-state index in [1.807, 2.05) is 35.2 Å². The molecule has 3 aromatic carbocycles. The summed E-state index contributed by atoms with van der Waals surface area (Å²) in [6.07, 6.45) is 3.77. The first-order chi connectivity index (χ1) is 17.3. The topological polar surface area (TPSA) is 45.2 Å². The van der Waals surface area contributed by atoms with Gasteiger partial charge in [0, 0.05) is 36.8 Å². The number of hydrogen-bond donors (Lipinski definition) is 1. The maximum atomic E-state index is 13.1. The molecule has 8 rings (SSSR count). The van der Waals surface area contributed by atoms with Gasteiger partial charge < -0.3 is 10.2 Å². The Morgan fingerprint density at radius 1 is 0.857 bits per heavy atom. The Labute approximate surface area is 205 Å². The lowest BCUT2D eigenvalue weighted by atomic mass is 9.59. The van der Waals surface area contributed by atoms with Crippen LogP contribution in [-0.4, -0.2) is 24.0 Å². The van der Waals surface area contributed by atoms with E-state index in [0.29, 0.717) is 23.3 Å². The van der Waals surface area contributed by atoms with Crippen LogP contribution in [0, 0.1) is 5.92 Å². The van der Waals surface area contributed by atoms with Crippen LogP contribution in [0.5, 0.6) is 0 Å². The number of para-hydroxylation sites is 1. The van der Waals surface area contributed by atoms with Crippen molar-refractivity contribution in [3.8, 4) is 0 Å². The van der Waals surface area contributed by atoms with Gasteiger partial charge >= 0.3 is 0 Å².